The topological polar surface area (TPSA) is 27.7 Å². The third kappa shape index (κ3) is 4.96. The first-order valence-electron chi connectivity index (χ1n) is 9.47. The number of thioether (sulfide) groups is 2. The quantitative estimate of drug-likeness (QED) is 0.470. The zero-order valence-corrected chi connectivity index (χ0v) is 18.3. The molecule has 0 atom stereocenters. The molecule has 1 saturated heterocycles. The van der Waals surface area contributed by atoms with Crippen LogP contribution >= 0.6 is 23.5 Å². The van der Waals surface area contributed by atoms with E-state index in [1.807, 2.05) is 36.4 Å². The molecular formula is C21H21B3O3S2. The van der Waals surface area contributed by atoms with Crippen LogP contribution in [0.4, 0.5) is 0 Å². The second-order valence-corrected chi connectivity index (χ2v) is 8.63. The van der Waals surface area contributed by atoms with Gasteiger partial charge in [-0.2, -0.15) is 0 Å². The summed E-state index contributed by atoms with van der Waals surface area (Å²) in [5.41, 5.74) is 4.14. The van der Waals surface area contributed by atoms with Crippen LogP contribution in [-0.4, -0.2) is 33.9 Å². The maximum Gasteiger partial charge on any atom is 0.467 e. The van der Waals surface area contributed by atoms with E-state index in [1.54, 1.807) is 23.5 Å². The Bertz CT molecular complexity index is 933. The molecule has 0 N–H and O–H groups in total. The van der Waals surface area contributed by atoms with E-state index in [2.05, 4.69) is 55.8 Å². The van der Waals surface area contributed by atoms with Crippen molar-refractivity contribution in [1.29, 1.82) is 0 Å². The second kappa shape index (κ2) is 9.50. The lowest BCUT2D eigenvalue weighted by Gasteiger charge is -2.31. The van der Waals surface area contributed by atoms with Crippen molar-refractivity contribution in [3.8, 4) is 0 Å². The molecule has 29 heavy (non-hydrogen) atoms. The Morgan fingerprint density at radius 1 is 0.586 bits per heavy atom. The van der Waals surface area contributed by atoms with Crippen molar-refractivity contribution in [2.24, 2.45) is 0 Å². The Balaban J connectivity index is 1.69. The van der Waals surface area contributed by atoms with Crippen LogP contribution in [0.15, 0.2) is 82.6 Å². The van der Waals surface area contributed by atoms with Crippen molar-refractivity contribution in [3.05, 3.63) is 78.4 Å². The standard InChI is InChI=1S/C21H21B3O3S2/c1-16-7-4-8-17(13-16)22-25-23(18-9-5-11-20(14-18)28-2)27-24(26-22)19-10-6-12-21(15-19)29-3/h4-15H,1-3H3. The molecule has 0 radical (unpaired) electrons. The Morgan fingerprint density at radius 2 is 1.00 bits per heavy atom. The van der Waals surface area contributed by atoms with Gasteiger partial charge in [-0.05, 0) is 60.1 Å². The third-order valence-corrected chi connectivity index (χ3v) is 6.24. The lowest BCUT2D eigenvalue weighted by molar-refractivity contribution is 0.308. The molecule has 3 aromatic rings. The summed E-state index contributed by atoms with van der Waals surface area (Å²) in [7, 11) is -1.52. The highest BCUT2D eigenvalue weighted by atomic mass is 32.2. The summed E-state index contributed by atoms with van der Waals surface area (Å²) in [6, 6.07) is 24.8. The number of rotatable bonds is 5. The first kappa shape index (κ1) is 20.7. The summed E-state index contributed by atoms with van der Waals surface area (Å²) < 4.78 is 18.8. The van der Waals surface area contributed by atoms with E-state index in [-0.39, 0.29) is 0 Å². The molecule has 0 aromatic heterocycles. The molecule has 144 valence electrons. The maximum absolute atomic E-state index is 6.28. The zero-order chi connectivity index (χ0) is 20.2. The molecule has 0 bridgehead atoms. The molecule has 1 aliphatic heterocycles. The normalized spacial score (nSPS) is 14.4. The Morgan fingerprint density at radius 3 is 1.41 bits per heavy atom. The van der Waals surface area contributed by atoms with Crippen LogP contribution in [0.3, 0.4) is 0 Å². The summed E-state index contributed by atoms with van der Waals surface area (Å²) >= 11 is 3.41. The molecule has 1 aliphatic rings. The summed E-state index contributed by atoms with van der Waals surface area (Å²) in [4.78, 5) is 2.35. The fourth-order valence-corrected chi connectivity index (χ4v) is 4.23. The zero-order valence-electron chi connectivity index (χ0n) is 16.7. The van der Waals surface area contributed by atoms with E-state index in [4.69, 9.17) is 13.7 Å². The highest BCUT2D eigenvalue weighted by Crippen LogP contribution is 2.17. The van der Waals surface area contributed by atoms with Gasteiger partial charge in [0.1, 0.15) is 0 Å². The molecule has 1 heterocycles. The van der Waals surface area contributed by atoms with Gasteiger partial charge in [0.05, 0.1) is 0 Å². The molecule has 4 rings (SSSR count). The molecule has 0 amide bonds. The molecular weight excluding hydrogens is 397 g/mol. The van der Waals surface area contributed by atoms with Crippen molar-refractivity contribution in [2.75, 3.05) is 12.5 Å². The van der Waals surface area contributed by atoms with Crippen molar-refractivity contribution in [1.82, 2.24) is 0 Å². The highest BCUT2D eigenvalue weighted by Gasteiger charge is 2.43. The lowest BCUT2D eigenvalue weighted by Crippen LogP contribution is -2.61. The van der Waals surface area contributed by atoms with Crippen LogP contribution in [0.2, 0.25) is 0 Å². The smallest absolute Gasteiger partial charge is 0.445 e. The molecule has 8 heteroatoms. The van der Waals surface area contributed by atoms with Crippen LogP contribution in [0, 0.1) is 6.92 Å². The number of aryl methyl sites for hydroxylation is 1. The van der Waals surface area contributed by atoms with Crippen molar-refractivity contribution < 1.29 is 13.7 Å². The Kier molecular flexibility index (Phi) is 6.78. The summed E-state index contributed by atoms with van der Waals surface area (Å²) in [5.74, 6) is 0. The summed E-state index contributed by atoms with van der Waals surface area (Å²) in [6.45, 7) is 2.07. The average Bonchev–Trinajstić information content (AvgIpc) is 2.79. The maximum atomic E-state index is 6.28. The molecule has 3 nitrogen and oxygen atoms in total. The van der Waals surface area contributed by atoms with Gasteiger partial charge in [0.15, 0.2) is 0 Å². The number of hydrogen-bond donors (Lipinski definition) is 0. The van der Waals surface area contributed by atoms with E-state index in [0.717, 1.165) is 16.4 Å². The molecule has 1 fully saturated rings. The fourth-order valence-electron chi connectivity index (χ4n) is 3.30. The molecule has 0 unspecified atom stereocenters. The van der Waals surface area contributed by atoms with Gasteiger partial charge >= 0.3 is 21.4 Å². The first-order valence-corrected chi connectivity index (χ1v) is 11.9. The van der Waals surface area contributed by atoms with E-state index >= 15 is 0 Å². The van der Waals surface area contributed by atoms with Gasteiger partial charge in [0, 0.05) is 9.79 Å². The Labute approximate surface area is 182 Å². The van der Waals surface area contributed by atoms with Crippen LogP contribution < -0.4 is 16.4 Å². The minimum Gasteiger partial charge on any atom is -0.445 e. The Hall–Kier alpha value is -1.57. The highest BCUT2D eigenvalue weighted by molar-refractivity contribution is 7.98. The minimum atomic E-state index is -0.510. The van der Waals surface area contributed by atoms with Crippen molar-refractivity contribution in [3.63, 3.8) is 0 Å². The summed E-state index contributed by atoms with van der Waals surface area (Å²) in [5, 5.41) is 0. The van der Waals surface area contributed by atoms with E-state index in [1.165, 1.54) is 15.4 Å². The van der Waals surface area contributed by atoms with Gasteiger partial charge in [0.25, 0.3) is 0 Å². The SMILES string of the molecule is CSc1cccc(B2OB(c3cccc(C)c3)OB(c3cccc(SC)c3)O2)c1. The minimum absolute atomic E-state index is 0.505. The summed E-state index contributed by atoms with van der Waals surface area (Å²) in [6.07, 6.45) is 4.13. The van der Waals surface area contributed by atoms with Crippen molar-refractivity contribution in [2.45, 2.75) is 16.7 Å². The van der Waals surface area contributed by atoms with E-state index in [9.17, 15) is 0 Å². The van der Waals surface area contributed by atoms with Gasteiger partial charge in [-0.25, -0.2) is 0 Å². The third-order valence-electron chi connectivity index (χ3n) is 4.79. The van der Waals surface area contributed by atoms with Gasteiger partial charge in [0.2, 0.25) is 0 Å². The van der Waals surface area contributed by atoms with Gasteiger partial charge in [-0.15, -0.1) is 23.5 Å². The monoisotopic (exact) mass is 418 g/mol. The lowest BCUT2D eigenvalue weighted by atomic mass is 9.61. The average molecular weight is 418 g/mol. The van der Waals surface area contributed by atoms with Crippen LogP contribution in [0.5, 0.6) is 0 Å². The largest absolute Gasteiger partial charge is 0.467 e. The van der Waals surface area contributed by atoms with Crippen molar-refractivity contribution >= 4 is 61.3 Å². The van der Waals surface area contributed by atoms with E-state index < -0.39 is 21.4 Å². The van der Waals surface area contributed by atoms with Crippen LogP contribution in [-0.2, 0) is 13.7 Å². The van der Waals surface area contributed by atoms with Gasteiger partial charge in [-0.3, -0.25) is 0 Å². The molecule has 3 aromatic carbocycles. The van der Waals surface area contributed by atoms with Crippen LogP contribution in [0.1, 0.15) is 5.56 Å². The predicted octanol–water partition coefficient (Wildman–Crippen LogP) is 2.99. The fraction of sp³-hybridized carbons (Fsp3) is 0.143. The molecule has 0 spiro atoms. The second-order valence-electron chi connectivity index (χ2n) is 6.87. The van der Waals surface area contributed by atoms with Crippen LogP contribution in [0.25, 0.3) is 0 Å². The molecule has 0 saturated carbocycles. The van der Waals surface area contributed by atoms with Gasteiger partial charge < -0.3 is 13.7 Å². The first-order chi connectivity index (χ1) is 14.2. The van der Waals surface area contributed by atoms with E-state index in [0.29, 0.717) is 0 Å². The molecule has 0 aliphatic carbocycles. The number of hydrogen-bond acceptors (Lipinski definition) is 5. The van der Waals surface area contributed by atoms with Gasteiger partial charge in [-0.1, -0.05) is 54.1 Å². The number of benzene rings is 3. The predicted molar refractivity (Wildman–Crippen MR) is 127 cm³/mol.